The number of amides is 1. The van der Waals surface area contributed by atoms with Gasteiger partial charge in [-0.05, 0) is 19.4 Å². The zero-order valence-electron chi connectivity index (χ0n) is 14.2. The molecule has 0 N–H and O–H groups in total. The van der Waals surface area contributed by atoms with Gasteiger partial charge in [-0.25, -0.2) is 17.5 Å². The number of benzene rings is 1. The molecule has 130 valence electrons. The SMILES string of the molecule is CCN(CCN(C(=O)OCc1ccccc1)C(C)C)S(C)(=O)=O. The summed E-state index contributed by atoms with van der Waals surface area (Å²) >= 11 is 0. The Labute approximate surface area is 139 Å². The maximum Gasteiger partial charge on any atom is 0.410 e. The smallest absolute Gasteiger partial charge is 0.410 e. The lowest BCUT2D eigenvalue weighted by Gasteiger charge is -2.28. The van der Waals surface area contributed by atoms with Gasteiger partial charge in [0, 0.05) is 25.7 Å². The number of likely N-dealkylation sites (N-methyl/N-ethyl adjacent to an activating group) is 1. The van der Waals surface area contributed by atoms with Crippen LogP contribution in [0.25, 0.3) is 0 Å². The Kier molecular flexibility index (Phi) is 7.51. The summed E-state index contributed by atoms with van der Waals surface area (Å²) in [6.07, 6.45) is 0.734. The topological polar surface area (TPSA) is 66.9 Å². The van der Waals surface area contributed by atoms with Crippen molar-refractivity contribution in [1.29, 1.82) is 0 Å². The molecular formula is C16H26N2O4S. The molecule has 0 aliphatic carbocycles. The summed E-state index contributed by atoms with van der Waals surface area (Å²) in [5.74, 6) is 0. The first-order valence-corrected chi connectivity index (χ1v) is 9.53. The van der Waals surface area contributed by atoms with Crippen LogP contribution in [-0.2, 0) is 21.4 Å². The highest BCUT2D eigenvalue weighted by molar-refractivity contribution is 7.88. The van der Waals surface area contributed by atoms with Crippen LogP contribution in [0.1, 0.15) is 26.3 Å². The van der Waals surface area contributed by atoms with Crippen molar-refractivity contribution in [1.82, 2.24) is 9.21 Å². The van der Waals surface area contributed by atoms with Gasteiger partial charge in [0.2, 0.25) is 10.0 Å². The van der Waals surface area contributed by atoms with Crippen LogP contribution in [0.15, 0.2) is 30.3 Å². The number of ether oxygens (including phenoxy) is 1. The summed E-state index contributed by atoms with van der Waals surface area (Å²) < 4.78 is 29.9. The lowest BCUT2D eigenvalue weighted by atomic mass is 10.2. The van der Waals surface area contributed by atoms with E-state index in [-0.39, 0.29) is 19.2 Å². The highest BCUT2D eigenvalue weighted by atomic mass is 32.2. The van der Waals surface area contributed by atoms with Crippen molar-refractivity contribution < 1.29 is 17.9 Å². The molecule has 0 aliphatic rings. The van der Waals surface area contributed by atoms with Crippen molar-refractivity contribution in [2.75, 3.05) is 25.9 Å². The molecule has 0 radical (unpaired) electrons. The quantitative estimate of drug-likeness (QED) is 0.727. The predicted molar refractivity (Wildman–Crippen MR) is 90.6 cm³/mol. The van der Waals surface area contributed by atoms with Gasteiger partial charge in [0.05, 0.1) is 6.26 Å². The van der Waals surface area contributed by atoms with Crippen LogP contribution < -0.4 is 0 Å². The first kappa shape index (κ1) is 19.4. The van der Waals surface area contributed by atoms with Crippen LogP contribution in [0.5, 0.6) is 0 Å². The van der Waals surface area contributed by atoms with E-state index in [2.05, 4.69) is 0 Å². The lowest BCUT2D eigenvalue weighted by molar-refractivity contribution is 0.0841. The normalized spacial score (nSPS) is 11.7. The van der Waals surface area contributed by atoms with Gasteiger partial charge in [0.25, 0.3) is 0 Å². The molecule has 0 heterocycles. The molecular weight excluding hydrogens is 316 g/mol. The van der Waals surface area contributed by atoms with Gasteiger partial charge in [-0.2, -0.15) is 0 Å². The summed E-state index contributed by atoms with van der Waals surface area (Å²) in [6, 6.07) is 9.36. The first-order chi connectivity index (χ1) is 10.8. The van der Waals surface area contributed by atoms with Crippen LogP contribution in [0.4, 0.5) is 4.79 Å². The van der Waals surface area contributed by atoms with E-state index in [0.717, 1.165) is 5.56 Å². The van der Waals surface area contributed by atoms with Crippen molar-refractivity contribution in [3.8, 4) is 0 Å². The third-order valence-corrected chi connectivity index (χ3v) is 4.85. The van der Waals surface area contributed by atoms with Gasteiger partial charge in [-0.15, -0.1) is 0 Å². The maximum atomic E-state index is 12.2. The maximum absolute atomic E-state index is 12.2. The Morgan fingerprint density at radius 2 is 1.78 bits per heavy atom. The van der Waals surface area contributed by atoms with Crippen molar-refractivity contribution in [2.24, 2.45) is 0 Å². The van der Waals surface area contributed by atoms with Crippen molar-refractivity contribution in [3.63, 3.8) is 0 Å². The number of rotatable bonds is 8. The molecule has 0 unspecified atom stereocenters. The fourth-order valence-electron chi connectivity index (χ4n) is 2.14. The minimum Gasteiger partial charge on any atom is -0.445 e. The van der Waals surface area contributed by atoms with Gasteiger partial charge in [0.1, 0.15) is 6.61 Å². The van der Waals surface area contributed by atoms with E-state index in [1.54, 1.807) is 6.92 Å². The second kappa shape index (κ2) is 8.88. The largest absolute Gasteiger partial charge is 0.445 e. The van der Waals surface area contributed by atoms with Crippen LogP contribution in [0.2, 0.25) is 0 Å². The lowest BCUT2D eigenvalue weighted by Crippen LogP contribution is -2.44. The van der Waals surface area contributed by atoms with Crippen LogP contribution >= 0.6 is 0 Å². The van der Waals surface area contributed by atoms with Crippen molar-refractivity contribution >= 4 is 16.1 Å². The zero-order valence-corrected chi connectivity index (χ0v) is 15.0. The second-order valence-electron chi connectivity index (χ2n) is 5.58. The van der Waals surface area contributed by atoms with Crippen LogP contribution in [0, 0.1) is 0 Å². The molecule has 0 saturated heterocycles. The van der Waals surface area contributed by atoms with E-state index in [9.17, 15) is 13.2 Å². The van der Waals surface area contributed by atoms with Crippen molar-refractivity contribution in [3.05, 3.63) is 35.9 Å². The summed E-state index contributed by atoms with van der Waals surface area (Å²) in [5.41, 5.74) is 0.913. The molecule has 7 heteroatoms. The van der Waals surface area contributed by atoms with Gasteiger partial charge < -0.3 is 9.64 Å². The Balaban J connectivity index is 2.61. The molecule has 0 spiro atoms. The molecule has 1 amide bonds. The monoisotopic (exact) mass is 342 g/mol. The van der Waals surface area contributed by atoms with Gasteiger partial charge >= 0.3 is 6.09 Å². The summed E-state index contributed by atoms with van der Waals surface area (Å²) in [4.78, 5) is 13.8. The predicted octanol–water partition coefficient (Wildman–Crippen LogP) is 2.32. The minimum atomic E-state index is -3.26. The molecule has 23 heavy (non-hydrogen) atoms. The molecule has 0 atom stereocenters. The van der Waals surface area contributed by atoms with E-state index in [4.69, 9.17) is 4.74 Å². The molecule has 0 saturated carbocycles. The Morgan fingerprint density at radius 3 is 2.26 bits per heavy atom. The van der Waals surface area contributed by atoms with Crippen LogP contribution in [0.3, 0.4) is 0 Å². The highest BCUT2D eigenvalue weighted by Gasteiger charge is 2.22. The minimum absolute atomic E-state index is 0.0726. The molecule has 0 bridgehead atoms. The van der Waals surface area contributed by atoms with E-state index in [0.29, 0.717) is 13.1 Å². The second-order valence-corrected chi connectivity index (χ2v) is 7.56. The highest BCUT2D eigenvalue weighted by Crippen LogP contribution is 2.07. The third-order valence-electron chi connectivity index (χ3n) is 3.48. The Hall–Kier alpha value is -1.60. The van der Waals surface area contributed by atoms with Gasteiger partial charge in [0.15, 0.2) is 0 Å². The van der Waals surface area contributed by atoms with Crippen molar-refractivity contribution in [2.45, 2.75) is 33.4 Å². The number of hydrogen-bond donors (Lipinski definition) is 0. The summed E-state index contributed by atoms with van der Waals surface area (Å²) in [7, 11) is -3.26. The van der Waals surface area contributed by atoms with Gasteiger partial charge in [-0.3, -0.25) is 0 Å². The van der Waals surface area contributed by atoms with E-state index in [1.807, 2.05) is 44.2 Å². The number of hydrogen-bond acceptors (Lipinski definition) is 4. The Morgan fingerprint density at radius 1 is 1.17 bits per heavy atom. The summed E-state index contributed by atoms with van der Waals surface area (Å²) in [5, 5.41) is 0. The summed E-state index contributed by atoms with van der Waals surface area (Å²) in [6.45, 7) is 6.66. The number of nitrogens with zero attached hydrogens (tertiary/aromatic N) is 2. The fourth-order valence-corrected chi connectivity index (χ4v) is 3.02. The molecule has 0 aliphatic heterocycles. The average Bonchev–Trinajstić information content (AvgIpc) is 2.48. The Bertz CT molecular complexity index is 587. The van der Waals surface area contributed by atoms with E-state index < -0.39 is 16.1 Å². The fraction of sp³-hybridized carbons (Fsp3) is 0.562. The number of sulfonamides is 1. The molecule has 6 nitrogen and oxygen atoms in total. The average molecular weight is 342 g/mol. The number of carbonyl (C=O) groups excluding carboxylic acids is 1. The molecule has 1 aromatic rings. The van der Waals surface area contributed by atoms with Crippen LogP contribution in [-0.4, -0.2) is 55.6 Å². The first-order valence-electron chi connectivity index (χ1n) is 7.68. The number of carbonyl (C=O) groups is 1. The zero-order chi connectivity index (χ0) is 17.5. The molecule has 1 rings (SSSR count). The van der Waals surface area contributed by atoms with E-state index in [1.165, 1.54) is 15.5 Å². The molecule has 0 fully saturated rings. The third kappa shape index (κ3) is 6.58. The molecule has 1 aromatic carbocycles. The standard InChI is InChI=1S/C16H26N2O4S/c1-5-17(23(4,20)21)11-12-18(14(2)3)16(19)22-13-15-9-7-6-8-10-15/h6-10,14H,5,11-13H2,1-4H3. The molecule has 0 aromatic heterocycles. The van der Waals surface area contributed by atoms with E-state index >= 15 is 0 Å². The van der Waals surface area contributed by atoms with Gasteiger partial charge in [-0.1, -0.05) is 37.3 Å².